The minimum Gasteiger partial charge on any atom is -0.394 e. The molecule has 0 bridgehead atoms. The van der Waals surface area contributed by atoms with Crippen LogP contribution in [0.2, 0.25) is 0 Å². The number of hydrogen-bond donors (Lipinski definition) is 3. The number of rotatable bonds is 4. The van der Waals surface area contributed by atoms with E-state index in [2.05, 4.69) is 5.32 Å². The van der Waals surface area contributed by atoms with Gasteiger partial charge in [0, 0.05) is 0 Å². The van der Waals surface area contributed by atoms with Crippen molar-refractivity contribution in [3.05, 3.63) is 0 Å². The second-order valence-electron chi connectivity index (χ2n) is 4.90. The molecule has 0 radical (unpaired) electrons. The van der Waals surface area contributed by atoms with E-state index in [0.29, 0.717) is 0 Å². The molecule has 0 saturated heterocycles. The molecule has 4 N–H and O–H groups in total. The van der Waals surface area contributed by atoms with Gasteiger partial charge in [0.25, 0.3) is 0 Å². The Balaban J connectivity index is 2.55. The van der Waals surface area contributed by atoms with Gasteiger partial charge in [-0.2, -0.15) is 0 Å². The maximum Gasteiger partial charge on any atom is 0.237 e. The van der Waals surface area contributed by atoms with Crippen molar-refractivity contribution in [1.29, 1.82) is 0 Å². The van der Waals surface area contributed by atoms with Gasteiger partial charge >= 0.3 is 0 Å². The summed E-state index contributed by atoms with van der Waals surface area (Å²) in [4.78, 5) is 11.8. The van der Waals surface area contributed by atoms with Gasteiger partial charge in [0.2, 0.25) is 5.91 Å². The summed E-state index contributed by atoms with van der Waals surface area (Å²) in [6.45, 7) is 3.86. The molecular formula is C11H22N2O2. The van der Waals surface area contributed by atoms with Crippen LogP contribution in [0, 0.1) is 5.92 Å². The summed E-state index contributed by atoms with van der Waals surface area (Å²) in [6, 6.07) is -0.478. The first kappa shape index (κ1) is 12.5. The fourth-order valence-corrected chi connectivity index (χ4v) is 2.02. The summed E-state index contributed by atoms with van der Waals surface area (Å²) >= 11 is 0. The number of aliphatic hydroxyl groups excluding tert-OH is 1. The summed E-state index contributed by atoms with van der Waals surface area (Å²) in [5.74, 6) is -0.0110. The van der Waals surface area contributed by atoms with Gasteiger partial charge in [-0.1, -0.05) is 26.7 Å². The molecule has 1 fully saturated rings. The Bertz CT molecular complexity index is 223. The third-order valence-corrected chi connectivity index (χ3v) is 3.27. The summed E-state index contributed by atoms with van der Waals surface area (Å²) in [6.07, 6.45) is 3.86. The minimum absolute atomic E-state index is 0.0174. The molecule has 4 heteroatoms. The third-order valence-electron chi connectivity index (χ3n) is 3.27. The summed E-state index contributed by atoms with van der Waals surface area (Å²) in [7, 11) is 0. The highest BCUT2D eigenvalue weighted by molar-refractivity contribution is 5.82. The molecular weight excluding hydrogens is 192 g/mol. The molecule has 15 heavy (non-hydrogen) atoms. The van der Waals surface area contributed by atoms with Gasteiger partial charge in [-0.3, -0.25) is 4.79 Å². The number of amides is 1. The van der Waals surface area contributed by atoms with Gasteiger partial charge in [0.05, 0.1) is 18.2 Å². The maximum atomic E-state index is 11.8. The first-order valence-corrected chi connectivity index (χ1v) is 5.69. The van der Waals surface area contributed by atoms with Crippen LogP contribution in [-0.4, -0.2) is 29.2 Å². The molecule has 0 aromatic heterocycles. The molecule has 4 nitrogen and oxygen atoms in total. The predicted octanol–water partition coefficient (Wildman–Crippen LogP) is 0.391. The first-order chi connectivity index (χ1) is 7.01. The largest absolute Gasteiger partial charge is 0.394 e. The number of carbonyl (C=O) groups is 1. The van der Waals surface area contributed by atoms with E-state index in [4.69, 9.17) is 5.73 Å². The highest BCUT2D eigenvalue weighted by Gasteiger charge is 2.36. The van der Waals surface area contributed by atoms with E-state index in [1.165, 1.54) is 0 Å². The normalized spacial score (nSPS) is 21.7. The lowest BCUT2D eigenvalue weighted by Crippen LogP contribution is -2.55. The quantitative estimate of drug-likeness (QED) is 0.633. The molecule has 1 aliphatic rings. The van der Waals surface area contributed by atoms with Crippen molar-refractivity contribution < 1.29 is 9.90 Å². The highest BCUT2D eigenvalue weighted by Crippen LogP contribution is 2.29. The van der Waals surface area contributed by atoms with Crippen LogP contribution in [-0.2, 0) is 4.79 Å². The topological polar surface area (TPSA) is 75.4 Å². The third kappa shape index (κ3) is 2.92. The van der Waals surface area contributed by atoms with Crippen molar-refractivity contribution >= 4 is 5.91 Å². The van der Waals surface area contributed by atoms with Crippen molar-refractivity contribution in [3.63, 3.8) is 0 Å². The van der Waals surface area contributed by atoms with Gasteiger partial charge in [-0.15, -0.1) is 0 Å². The van der Waals surface area contributed by atoms with Crippen LogP contribution in [0.15, 0.2) is 0 Å². The number of hydrogen-bond acceptors (Lipinski definition) is 3. The second-order valence-corrected chi connectivity index (χ2v) is 4.90. The zero-order valence-corrected chi connectivity index (χ0v) is 9.62. The summed E-state index contributed by atoms with van der Waals surface area (Å²) < 4.78 is 0. The van der Waals surface area contributed by atoms with E-state index >= 15 is 0 Å². The number of nitrogens with two attached hydrogens (primary N) is 1. The zero-order valence-electron chi connectivity index (χ0n) is 9.62. The molecule has 1 amide bonds. The Morgan fingerprint density at radius 3 is 2.40 bits per heavy atom. The smallest absolute Gasteiger partial charge is 0.237 e. The monoisotopic (exact) mass is 214 g/mol. The average Bonchev–Trinajstić information content (AvgIpc) is 2.65. The minimum atomic E-state index is -0.478. The molecule has 1 unspecified atom stereocenters. The zero-order chi connectivity index (χ0) is 11.5. The lowest BCUT2D eigenvalue weighted by molar-refractivity contribution is -0.125. The molecule has 1 rings (SSSR count). The van der Waals surface area contributed by atoms with Gasteiger partial charge in [-0.25, -0.2) is 0 Å². The summed E-state index contributed by atoms with van der Waals surface area (Å²) in [5, 5.41) is 12.2. The van der Waals surface area contributed by atoms with Crippen LogP contribution < -0.4 is 11.1 Å². The molecule has 0 heterocycles. The van der Waals surface area contributed by atoms with Crippen LogP contribution in [0.5, 0.6) is 0 Å². The molecule has 0 aromatic rings. The number of carbonyl (C=O) groups excluding carboxylic acids is 1. The lowest BCUT2D eigenvalue weighted by Gasteiger charge is -2.30. The Hall–Kier alpha value is -0.610. The predicted molar refractivity (Wildman–Crippen MR) is 59.2 cm³/mol. The second kappa shape index (κ2) is 4.94. The summed E-state index contributed by atoms with van der Waals surface area (Å²) in [5.41, 5.74) is 5.36. The standard InChI is InChI=1S/C11H22N2O2/c1-8(2)9(12)10(15)13-11(7-14)5-3-4-6-11/h8-9,14H,3-7,12H2,1-2H3,(H,13,15). The molecule has 0 aliphatic heterocycles. The fraction of sp³-hybridized carbons (Fsp3) is 0.909. The van der Waals surface area contributed by atoms with Crippen LogP contribution in [0.1, 0.15) is 39.5 Å². The van der Waals surface area contributed by atoms with Crippen molar-refractivity contribution in [3.8, 4) is 0 Å². The van der Waals surface area contributed by atoms with Crippen molar-refractivity contribution in [2.24, 2.45) is 11.7 Å². The Kier molecular flexibility index (Phi) is 4.11. The number of nitrogens with one attached hydrogen (secondary N) is 1. The van der Waals surface area contributed by atoms with Crippen LogP contribution in [0.3, 0.4) is 0 Å². The van der Waals surface area contributed by atoms with Gasteiger partial charge in [0.1, 0.15) is 0 Å². The van der Waals surface area contributed by atoms with E-state index in [-0.39, 0.29) is 18.4 Å². The average molecular weight is 214 g/mol. The van der Waals surface area contributed by atoms with Gasteiger partial charge in [0.15, 0.2) is 0 Å². The van der Waals surface area contributed by atoms with Crippen molar-refractivity contribution in [2.45, 2.75) is 51.1 Å². The van der Waals surface area contributed by atoms with Crippen LogP contribution in [0.4, 0.5) is 0 Å². The molecule has 1 saturated carbocycles. The molecule has 0 aromatic carbocycles. The van der Waals surface area contributed by atoms with E-state index in [0.717, 1.165) is 25.7 Å². The fourth-order valence-electron chi connectivity index (χ4n) is 2.02. The van der Waals surface area contributed by atoms with Gasteiger partial charge < -0.3 is 16.2 Å². The SMILES string of the molecule is CC(C)C(N)C(=O)NC1(CO)CCCC1. The van der Waals surface area contributed by atoms with Gasteiger partial charge in [-0.05, 0) is 18.8 Å². The molecule has 1 atom stereocenters. The molecule has 0 spiro atoms. The van der Waals surface area contributed by atoms with E-state index in [9.17, 15) is 9.90 Å². The van der Waals surface area contributed by atoms with Crippen LogP contribution in [0.25, 0.3) is 0 Å². The lowest BCUT2D eigenvalue weighted by atomic mass is 9.96. The highest BCUT2D eigenvalue weighted by atomic mass is 16.3. The number of aliphatic hydroxyl groups is 1. The molecule has 1 aliphatic carbocycles. The van der Waals surface area contributed by atoms with E-state index in [1.807, 2.05) is 13.8 Å². The van der Waals surface area contributed by atoms with Crippen molar-refractivity contribution in [2.75, 3.05) is 6.61 Å². The van der Waals surface area contributed by atoms with Crippen molar-refractivity contribution in [1.82, 2.24) is 5.32 Å². The Morgan fingerprint density at radius 2 is 2.00 bits per heavy atom. The maximum absolute atomic E-state index is 11.8. The van der Waals surface area contributed by atoms with E-state index in [1.54, 1.807) is 0 Å². The first-order valence-electron chi connectivity index (χ1n) is 5.69. The van der Waals surface area contributed by atoms with E-state index < -0.39 is 11.6 Å². The van der Waals surface area contributed by atoms with Crippen LogP contribution >= 0.6 is 0 Å². The Labute approximate surface area is 91.2 Å². The molecule has 88 valence electrons. The Morgan fingerprint density at radius 1 is 1.47 bits per heavy atom.